The zero-order valence-electron chi connectivity index (χ0n) is 19.9. The number of benzene rings is 2. The van der Waals surface area contributed by atoms with E-state index in [1.165, 1.54) is 6.07 Å². The van der Waals surface area contributed by atoms with Crippen LogP contribution < -0.4 is 5.32 Å². The van der Waals surface area contributed by atoms with E-state index in [0.29, 0.717) is 53.0 Å². The maximum Gasteiger partial charge on any atom is 0.181 e. The highest BCUT2D eigenvalue weighted by molar-refractivity contribution is 9.10. The summed E-state index contributed by atoms with van der Waals surface area (Å²) < 4.78 is 20.9. The number of hydrogen-bond acceptors (Lipinski definition) is 5. The Bertz CT molecular complexity index is 1160. The minimum absolute atomic E-state index is 0.330. The van der Waals surface area contributed by atoms with Crippen molar-refractivity contribution in [3.05, 3.63) is 75.1 Å². The van der Waals surface area contributed by atoms with Crippen molar-refractivity contribution in [3.63, 3.8) is 0 Å². The first-order valence-electron chi connectivity index (χ1n) is 11.8. The zero-order chi connectivity index (χ0) is 24.5. The Labute approximate surface area is 208 Å². The average molecular weight is 531 g/mol. The van der Waals surface area contributed by atoms with Crippen LogP contribution in [0.5, 0.6) is 0 Å². The lowest BCUT2D eigenvalue weighted by molar-refractivity contribution is -0.0178. The van der Waals surface area contributed by atoms with Crippen molar-refractivity contribution >= 4 is 15.9 Å². The molecule has 182 valence electrons. The van der Waals surface area contributed by atoms with E-state index in [1.807, 2.05) is 32.0 Å². The number of nitrogens with zero attached hydrogens (tertiary/aromatic N) is 1. The van der Waals surface area contributed by atoms with E-state index >= 15 is 0 Å². The topological polar surface area (TPSA) is 78.5 Å². The lowest BCUT2D eigenvalue weighted by Crippen LogP contribution is -2.47. The van der Waals surface area contributed by atoms with Crippen LogP contribution in [0.25, 0.3) is 11.3 Å². The molecule has 0 aliphatic carbocycles. The molecule has 0 radical (unpaired) electrons. The summed E-state index contributed by atoms with van der Waals surface area (Å²) in [6.45, 7) is 6.45. The predicted octanol–water partition coefficient (Wildman–Crippen LogP) is 5.61. The predicted molar refractivity (Wildman–Crippen MR) is 134 cm³/mol. The average Bonchev–Trinajstić information content (AvgIpc) is 3.16. The van der Waals surface area contributed by atoms with Gasteiger partial charge in [-0.05, 0) is 91.7 Å². The second-order valence-electron chi connectivity index (χ2n) is 9.93. The van der Waals surface area contributed by atoms with E-state index in [-0.39, 0.29) is 5.82 Å². The second kappa shape index (κ2) is 9.90. The highest BCUT2D eigenvalue weighted by Crippen LogP contribution is 2.46. The summed E-state index contributed by atoms with van der Waals surface area (Å²) in [6, 6.07) is 12.9. The van der Waals surface area contributed by atoms with E-state index in [0.717, 1.165) is 24.0 Å². The number of aliphatic hydroxyl groups is 2. The van der Waals surface area contributed by atoms with Gasteiger partial charge in [-0.2, -0.15) is 0 Å². The molecule has 2 heterocycles. The van der Waals surface area contributed by atoms with Crippen LogP contribution in [0.4, 0.5) is 4.39 Å². The molecule has 1 aliphatic rings. The van der Waals surface area contributed by atoms with Crippen LogP contribution in [0.1, 0.15) is 61.4 Å². The normalized spacial score (nSPS) is 21.1. The Morgan fingerprint density at radius 3 is 2.76 bits per heavy atom. The van der Waals surface area contributed by atoms with Crippen molar-refractivity contribution in [1.82, 2.24) is 10.5 Å². The third kappa shape index (κ3) is 5.13. The molecule has 0 amide bonds. The van der Waals surface area contributed by atoms with Crippen molar-refractivity contribution in [2.75, 3.05) is 13.1 Å². The van der Waals surface area contributed by atoms with E-state index < -0.39 is 17.1 Å². The van der Waals surface area contributed by atoms with Crippen molar-refractivity contribution in [3.8, 4) is 11.3 Å². The van der Waals surface area contributed by atoms with Gasteiger partial charge in [0.1, 0.15) is 17.1 Å². The molecule has 1 fully saturated rings. The van der Waals surface area contributed by atoms with Gasteiger partial charge < -0.3 is 20.1 Å². The van der Waals surface area contributed by atoms with Crippen LogP contribution >= 0.6 is 15.9 Å². The summed E-state index contributed by atoms with van der Waals surface area (Å²) in [5.41, 5.74) is 1.75. The molecule has 0 spiro atoms. The molecule has 1 aliphatic heterocycles. The van der Waals surface area contributed by atoms with Crippen molar-refractivity contribution in [2.45, 2.75) is 63.6 Å². The third-order valence-corrected chi connectivity index (χ3v) is 7.53. The molecule has 1 aromatic heterocycles. The van der Waals surface area contributed by atoms with E-state index in [2.05, 4.69) is 32.5 Å². The van der Waals surface area contributed by atoms with Crippen LogP contribution in [-0.2, 0) is 12.0 Å². The fraction of sp³-hybridized carbons (Fsp3) is 0.444. The highest BCUT2D eigenvalue weighted by Gasteiger charge is 2.44. The van der Waals surface area contributed by atoms with Crippen LogP contribution in [-0.4, -0.2) is 34.1 Å². The van der Waals surface area contributed by atoms with Gasteiger partial charge in [0.2, 0.25) is 0 Å². The summed E-state index contributed by atoms with van der Waals surface area (Å²) in [4.78, 5) is 0. The smallest absolute Gasteiger partial charge is 0.181 e. The number of hydrogen-bond donors (Lipinski definition) is 3. The number of piperidine rings is 1. The molecule has 0 saturated carbocycles. The largest absolute Gasteiger partial charge is 0.390 e. The molecule has 2 unspecified atom stereocenters. The molecular weight excluding hydrogens is 499 g/mol. The van der Waals surface area contributed by atoms with Gasteiger partial charge in [0.25, 0.3) is 0 Å². The second-order valence-corrected chi connectivity index (χ2v) is 10.7. The Balaban J connectivity index is 1.67. The fourth-order valence-corrected chi connectivity index (χ4v) is 5.38. The number of halogens is 2. The van der Waals surface area contributed by atoms with Crippen molar-refractivity contribution in [1.29, 1.82) is 0 Å². The maximum absolute atomic E-state index is 14.4. The molecule has 7 heteroatoms. The van der Waals surface area contributed by atoms with Gasteiger partial charge in [0.15, 0.2) is 5.76 Å². The molecule has 1 saturated heterocycles. The van der Waals surface area contributed by atoms with E-state index in [9.17, 15) is 14.6 Å². The van der Waals surface area contributed by atoms with Gasteiger partial charge in [-0.15, -0.1) is 0 Å². The molecule has 2 aromatic carbocycles. The number of aromatic nitrogens is 1. The minimum atomic E-state index is -1.28. The van der Waals surface area contributed by atoms with Gasteiger partial charge in [0, 0.05) is 12.1 Å². The van der Waals surface area contributed by atoms with Gasteiger partial charge >= 0.3 is 0 Å². The standard InChI is InChI=1S/C27H32BrFN2O3/c1-17-10-11-19(15-22(17)29)27(33)13-14-30-16-21(27)24-23(28)25(34-31-24)20-9-5-4-7-18(20)8-6-12-26(2,3)32/h4-5,7,9-11,15,21,30,32-33H,6,8,12-14,16H2,1-3H3. The molecule has 4 rings (SSSR count). The van der Waals surface area contributed by atoms with Gasteiger partial charge in [0.05, 0.1) is 16.0 Å². The van der Waals surface area contributed by atoms with Gasteiger partial charge in [-0.3, -0.25) is 0 Å². The summed E-state index contributed by atoms with van der Waals surface area (Å²) >= 11 is 3.70. The number of nitrogens with one attached hydrogen (secondary N) is 1. The van der Waals surface area contributed by atoms with Gasteiger partial charge in [-0.1, -0.05) is 41.6 Å². The molecule has 5 nitrogen and oxygen atoms in total. The first-order chi connectivity index (χ1) is 16.1. The van der Waals surface area contributed by atoms with Crippen LogP contribution in [0.2, 0.25) is 0 Å². The summed E-state index contributed by atoms with van der Waals surface area (Å²) in [5.74, 6) is -0.141. The number of rotatable bonds is 7. The van der Waals surface area contributed by atoms with Crippen molar-refractivity contribution < 1.29 is 19.1 Å². The Kier molecular flexibility index (Phi) is 7.29. The lowest BCUT2D eigenvalue weighted by Gasteiger charge is -2.40. The van der Waals surface area contributed by atoms with Crippen LogP contribution in [0.3, 0.4) is 0 Å². The first kappa shape index (κ1) is 25.0. The molecule has 34 heavy (non-hydrogen) atoms. The molecule has 0 bridgehead atoms. The Morgan fingerprint density at radius 2 is 2.03 bits per heavy atom. The Hall–Kier alpha value is -2.06. The Morgan fingerprint density at radius 1 is 1.26 bits per heavy atom. The van der Waals surface area contributed by atoms with E-state index in [4.69, 9.17) is 4.52 Å². The monoisotopic (exact) mass is 530 g/mol. The zero-order valence-corrected chi connectivity index (χ0v) is 21.5. The number of aryl methyl sites for hydroxylation is 2. The van der Waals surface area contributed by atoms with Gasteiger partial charge in [-0.25, -0.2) is 4.39 Å². The van der Waals surface area contributed by atoms with Crippen LogP contribution in [0, 0.1) is 12.7 Å². The molecular formula is C27H32BrFN2O3. The molecule has 3 aromatic rings. The lowest BCUT2D eigenvalue weighted by atomic mass is 9.74. The summed E-state index contributed by atoms with van der Waals surface area (Å²) in [7, 11) is 0. The molecule has 2 atom stereocenters. The fourth-order valence-electron chi connectivity index (χ4n) is 4.75. The maximum atomic E-state index is 14.4. The summed E-state index contributed by atoms with van der Waals surface area (Å²) in [5, 5.41) is 29.6. The SMILES string of the molecule is Cc1ccc(C2(O)CCNCC2c2noc(-c3ccccc3CCCC(C)(C)O)c2Br)cc1F. The quantitative estimate of drug-likeness (QED) is 0.370. The van der Waals surface area contributed by atoms with Crippen molar-refractivity contribution in [2.24, 2.45) is 0 Å². The highest BCUT2D eigenvalue weighted by atomic mass is 79.9. The minimum Gasteiger partial charge on any atom is -0.390 e. The third-order valence-electron chi connectivity index (χ3n) is 6.77. The van der Waals surface area contributed by atoms with Crippen LogP contribution in [0.15, 0.2) is 51.5 Å². The summed E-state index contributed by atoms with van der Waals surface area (Å²) in [6.07, 6.45) is 2.75. The van der Waals surface area contributed by atoms with E-state index in [1.54, 1.807) is 19.1 Å². The first-order valence-corrected chi connectivity index (χ1v) is 12.5. The molecule has 3 N–H and O–H groups in total.